The first-order valence-corrected chi connectivity index (χ1v) is 6.18. The first-order valence-electron chi connectivity index (χ1n) is 5.37. The quantitative estimate of drug-likeness (QED) is 0.782. The van der Waals surface area contributed by atoms with Gasteiger partial charge in [-0.1, -0.05) is 6.07 Å². The lowest BCUT2D eigenvalue weighted by molar-refractivity contribution is -0.115. The van der Waals surface area contributed by atoms with E-state index in [1.54, 1.807) is 18.2 Å². The summed E-state index contributed by atoms with van der Waals surface area (Å²) in [6, 6.07) is 5.40. The second-order valence-corrected chi connectivity index (χ2v) is 4.77. The van der Waals surface area contributed by atoms with E-state index in [2.05, 4.69) is 5.32 Å². The summed E-state index contributed by atoms with van der Waals surface area (Å²) in [4.78, 5) is 22.8. The summed E-state index contributed by atoms with van der Waals surface area (Å²) in [6.45, 7) is 1.06. The van der Waals surface area contributed by atoms with E-state index < -0.39 is 0 Å². The number of carbonyl (C=O) groups is 2. The van der Waals surface area contributed by atoms with E-state index in [9.17, 15) is 9.59 Å². The molecule has 0 bridgehead atoms. The van der Waals surface area contributed by atoms with Crippen molar-refractivity contribution in [3.05, 3.63) is 28.7 Å². The van der Waals surface area contributed by atoms with Crippen LogP contribution in [-0.4, -0.2) is 24.4 Å². The Morgan fingerprint density at radius 1 is 1.17 bits per heavy atom. The predicted octanol–water partition coefficient (Wildman–Crippen LogP) is 1.78. The van der Waals surface area contributed by atoms with Gasteiger partial charge in [-0.05, 0) is 35.5 Å². The number of amides is 2. The molecule has 5 nitrogen and oxygen atoms in total. The largest absolute Gasteiger partial charge is 0.486 e. The molecule has 1 N–H and O–H groups in total. The van der Waals surface area contributed by atoms with Crippen molar-refractivity contribution < 1.29 is 19.1 Å². The van der Waals surface area contributed by atoms with Crippen LogP contribution < -0.4 is 14.8 Å². The molecule has 0 spiro atoms. The van der Waals surface area contributed by atoms with Gasteiger partial charge in [0, 0.05) is 0 Å². The summed E-state index contributed by atoms with van der Waals surface area (Å²) in [5.74, 6) is 0.994. The molecule has 1 saturated heterocycles. The van der Waals surface area contributed by atoms with E-state index in [0.717, 1.165) is 17.3 Å². The molecule has 6 heteroatoms. The minimum absolute atomic E-state index is 0.344. The van der Waals surface area contributed by atoms with Crippen molar-refractivity contribution in [1.82, 2.24) is 5.32 Å². The molecular formula is C12H9NO4S. The zero-order chi connectivity index (χ0) is 12.5. The van der Waals surface area contributed by atoms with E-state index in [4.69, 9.17) is 9.47 Å². The number of nitrogens with one attached hydrogen (secondary N) is 1. The molecule has 0 aliphatic carbocycles. The highest BCUT2D eigenvalue weighted by Crippen LogP contribution is 2.33. The molecule has 0 radical (unpaired) electrons. The highest BCUT2D eigenvalue weighted by Gasteiger charge is 2.25. The van der Waals surface area contributed by atoms with Crippen LogP contribution in [0, 0.1) is 0 Å². The molecule has 2 heterocycles. The minimum Gasteiger partial charge on any atom is -0.486 e. The average Bonchev–Trinajstić information content (AvgIpc) is 2.68. The minimum atomic E-state index is -0.361. The molecule has 1 aromatic rings. The van der Waals surface area contributed by atoms with Gasteiger partial charge in [0.05, 0.1) is 4.91 Å². The van der Waals surface area contributed by atoms with Gasteiger partial charge in [0.1, 0.15) is 13.2 Å². The van der Waals surface area contributed by atoms with E-state index in [-0.39, 0.29) is 11.1 Å². The van der Waals surface area contributed by atoms with Crippen LogP contribution in [0.1, 0.15) is 5.56 Å². The second kappa shape index (κ2) is 4.38. The maximum absolute atomic E-state index is 11.4. The zero-order valence-corrected chi connectivity index (χ0v) is 10.1. The first kappa shape index (κ1) is 11.2. The number of carbonyl (C=O) groups excluding carboxylic acids is 2. The van der Waals surface area contributed by atoms with Gasteiger partial charge in [-0.3, -0.25) is 14.9 Å². The number of ether oxygens (including phenoxy) is 2. The Labute approximate surface area is 107 Å². The van der Waals surface area contributed by atoms with Gasteiger partial charge in [-0.2, -0.15) is 0 Å². The lowest BCUT2D eigenvalue weighted by atomic mass is 10.2. The number of rotatable bonds is 1. The summed E-state index contributed by atoms with van der Waals surface area (Å²) < 4.78 is 10.9. The number of fused-ring (bicyclic) bond motifs is 1. The van der Waals surface area contributed by atoms with Gasteiger partial charge < -0.3 is 9.47 Å². The van der Waals surface area contributed by atoms with Crippen molar-refractivity contribution in [3.63, 3.8) is 0 Å². The first-order chi connectivity index (χ1) is 8.72. The molecule has 0 unspecified atom stereocenters. The van der Waals surface area contributed by atoms with Crippen LogP contribution in [0.2, 0.25) is 0 Å². The van der Waals surface area contributed by atoms with Gasteiger partial charge in [0.25, 0.3) is 11.1 Å². The Balaban J connectivity index is 1.91. The Morgan fingerprint density at radius 3 is 2.67 bits per heavy atom. The lowest BCUT2D eigenvalue weighted by Crippen LogP contribution is -2.17. The molecule has 1 fully saturated rings. The number of benzene rings is 1. The molecule has 0 atom stereocenters. The van der Waals surface area contributed by atoms with E-state index in [1.165, 1.54) is 0 Å². The van der Waals surface area contributed by atoms with Gasteiger partial charge in [-0.25, -0.2) is 0 Å². The summed E-state index contributed by atoms with van der Waals surface area (Å²) in [5.41, 5.74) is 0.798. The highest BCUT2D eigenvalue weighted by atomic mass is 32.2. The fourth-order valence-corrected chi connectivity index (χ4v) is 2.40. The van der Waals surface area contributed by atoms with Crippen molar-refractivity contribution in [2.24, 2.45) is 0 Å². The Morgan fingerprint density at radius 2 is 1.94 bits per heavy atom. The Hall–Kier alpha value is -1.95. The number of imide groups is 1. The van der Waals surface area contributed by atoms with Gasteiger partial charge in [0.2, 0.25) is 0 Å². The number of hydrogen-bond acceptors (Lipinski definition) is 5. The molecule has 0 aromatic heterocycles. The molecule has 2 aliphatic heterocycles. The number of thioether (sulfide) groups is 1. The van der Waals surface area contributed by atoms with E-state index in [1.807, 2.05) is 6.07 Å². The van der Waals surface area contributed by atoms with E-state index >= 15 is 0 Å². The van der Waals surface area contributed by atoms with Gasteiger partial charge in [-0.15, -0.1) is 0 Å². The fourth-order valence-electron chi connectivity index (χ4n) is 1.72. The summed E-state index contributed by atoms with van der Waals surface area (Å²) >= 11 is 0.895. The molecule has 3 rings (SSSR count). The zero-order valence-electron chi connectivity index (χ0n) is 9.26. The van der Waals surface area contributed by atoms with Crippen molar-refractivity contribution >= 4 is 29.0 Å². The maximum atomic E-state index is 11.4. The normalized spacial score (nSPS) is 20.1. The molecule has 2 aliphatic rings. The molecular weight excluding hydrogens is 254 g/mol. The van der Waals surface area contributed by atoms with Crippen LogP contribution in [0.4, 0.5) is 4.79 Å². The van der Waals surface area contributed by atoms with Gasteiger partial charge >= 0.3 is 0 Å². The van der Waals surface area contributed by atoms with Crippen molar-refractivity contribution in [2.45, 2.75) is 0 Å². The molecule has 2 amide bonds. The van der Waals surface area contributed by atoms with Crippen LogP contribution >= 0.6 is 11.8 Å². The smallest absolute Gasteiger partial charge is 0.290 e. The molecule has 18 heavy (non-hydrogen) atoms. The van der Waals surface area contributed by atoms with Crippen molar-refractivity contribution in [3.8, 4) is 11.5 Å². The van der Waals surface area contributed by atoms with Crippen LogP contribution in [0.25, 0.3) is 6.08 Å². The Bertz CT molecular complexity index is 567. The van der Waals surface area contributed by atoms with Crippen LogP contribution in [-0.2, 0) is 4.79 Å². The van der Waals surface area contributed by atoms with Crippen LogP contribution in [0.5, 0.6) is 11.5 Å². The number of hydrogen-bond donors (Lipinski definition) is 1. The van der Waals surface area contributed by atoms with Crippen molar-refractivity contribution in [1.29, 1.82) is 0 Å². The molecule has 1 aromatic carbocycles. The Kier molecular flexibility index (Phi) is 2.71. The second-order valence-electron chi connectivity index (χ2n) is 3.76. The lowest BCUT2D eigenvalue weighted by Gasteiger charge is -2.18. The summed E-state index contributed by atoms with van der Waals surface area (Å²) in [6.07, 6.45) is 1.66. The fraction of sp³-hybridized carbons (Fsp3) is 0.167. The summed E-state index contributed by atoms with van der Waals surface area (Å²) in [5, 5.41) is 1.87. The van der Waals surface area contributed by atoms with E-state index in [0.29, 0.717) is 29.6 Å². The van der Waals surface area contributed by atoms with Crippen molar-refractivity contribution in [2.75, 3.05) is 13.2 Å². The monoisotopic (exact) mass is 263 g/mol. The predicted molar refractivity (Wildman–Crippen MR) is 66.5 cm³/mol. The molecule has 92 valence electrons. The third-order valence-electron chi connectivity index (χ3n) is 2.51. The SMILES string of the molecule is O=C1NC(=O)/C(=C\c2ccc3c(c2)OCCO3)S1. The highest BCUT2D eigenvalue weighted by molar-refractivity contribution is 8.18. The van der Waals surface area contributed by atoms with Crippen LogP contribution in [0.3, 0.4) is 0 Å². The third-order valence-corrected chi connectivity index (χ3v) is 3.32. The topological polar surface area (TPSA) is 64.6 Å². The molecule has 0 saturated carbocycles. The third kappa shape index (κ3) is 2.06. The maximum Gasteiger partial charge on any atom is 0.290 e. The average molecular weight is 263 g/mol. The summed E-state index contributed by atoms with van der Waals surface area (Å²) in [7, 11) is 0. The van der Waals surface area contributed by atoms with Gasteiger partial charge in [0.15, 0.2) is 11.5 Å². The van der Waals surface area contributed by atoms with Crippen LogP contribution in [0.15, 0.2) is 23.1 Å². The standard InChI is InChI=1S/C12H9NO4S/c14-11-10(18-12(15)13-11)6-7-1-2-8-9(5-7)17-4-3-16-8/h1-2,5-6H,3-4H2,(H,13,14,15)/b10-6+.